The number of benzene rings is 1. The minimum absolute atomic E-state index is 0.0487. The number of nitro groups is 1. The van der Waals surface area contributed by atoms with Crippen molar-refractivity contribution in [3.63, 3.8) is 0 Å². The van der Waals surface area contributed by atoms with Crippen molar-refractivity contribution in [1.29, 1.82) is 0 Å². The molecule has 0 aliphatic carbocycles. The fraction of sp³-hybridized carbons (Fsp3) is 0.750. The summed E-state index contributed by atoms with van der Waals surface area (Å²) in [5.41, 5.74) is 0.173. The summed E-state index contributed by atoms with van der Waals surface area (Å²) < 4.78 is 51.5. The lowest BCUT2D eigenvalue weighted by molar-refractivity contribution is -0.387. The summed E-state index contributed by atoms with van der Waals surface area (Å²) >= 11 is 0. The molecule has 0 amide bonds. The maximum atomic E-state index is 14.0. The van der Waals surface area contributed by atoms with Gasteiger partial charge >= 0.3 is 11.7 Å². The van der Waals surface area contributed by atoms with E-state index in [1.54, 1.807) is 6.07 Å². The summed E-state index contributed by atoms with van der Waals surface area (Å²) in [5.74, 6) is -0.745. The summed E-state index contributed by atoms with van der Waals surface area (Å²) in [6, 6.07) is 4.53. The van der Waals surface area contributed by atoms with Gasteiger partial charge in [0.05, 0.1) is 18.1 Å². The van der Waals surface area contributed by atoms with Crippen LogP contribution in [0.2, 0.25) is 54.4 Å². The smallest absolute Gasteiger partial charge is 0.338 e. The number of hydrogen-bond acceptors (Lipinski definition) is 11. The predicted octanol–water partition coefficient (Wildman–Crippen LogP) is 8.64. The Morgan fingerprint density at radius 2 is 1.31 bits per heavy atom. The highest BCUT2D eigenvalue weighted by molar-refractivity contribution is 6.75. The molecule has 0 radical (unpaired) electrons. The minimum atomic E-state index is -2.64. The molecule has 0 bridgehead atoms. The maximum absolute atomic E-state index is 14.0. The van der Waals surface area contributed by atoms with Crippen molar-refractivity contribution in [3.05, 3.63) is 46.5 Å². The number of rotatable bonds is 13. The van der Waals surface area contributed by atoms with Crippen molar-refractivity contribution in [2.45, 2.75) is 154 Å². The number of carbonyl (C=O) groups excluding carboxylic acids is 1. The van der Waals surface area contributed by atoms with Gasteiger partial charge in [-0.3, -0.25) is 10.1 Å². The number of esters is 1. The molecule has 1 aromatic carbocycles. The van der Waals surface area contributed by atoms with Crippen molar-refractivity contribution < 1.29 is 46.7 Å². The molecule has 3 rings (SSSR count). The average molecular weight is 770 g/mol. The second kappa shape index (κ2) is 15.8. The van der Waals surface area contributed by atoms with E-state index in [0.717, 1.165) is 0 Å². The van der Waals surface area contributed by atoms with Crippen LogP contribution in [0.1, 0.15) is 74.2 Å². The van der Waals surface area contributed by atoms with Gasteiger partial charge in [0.2, 0.25) is 6.29 Å². The summed E-state index contributed by atoms with van der Waals surface area (Å²) in [4.78, 5) is 26.0. The lowest BCUT2D eigenvalue weighted by Gasteiger charge is -2.53. The van der Waals surface area contributed by atoms with Gasteiger partial charge in [-0.05, 0) is 66.5 Å². The van der Waals surface area contributed by atoms with Crippen LogP contribution < -0.4 is 4.74 Å². The molecule has 2 heterocycles. The molecule has 2 aliphatic rings. The highest BCUT2D eigenvalue weighted by Crippen LogP contribution is 2.47. The molecule has 2 saturated heterocycles. The van der Waals surface area contributed by atoms with E-state index >= 15 is 0 Å². The molecule has 0 aromatic heterocycles. The van der Waals surface area contributed by atoms with Gasteiger partial charge in [-0.15, -0.1) is 0 Å². The third kappa shape index (κ3) is 10.2. The SMILES string of the molecule is C=CCOC(=O)[C@H]1O[C@@H](Oc2ccc(C3OCCO3)cc2[N+](=O)[O-])[C@H](O[Si](C)(C)C(C)(C)C)[C@@H](O[Si](C)(C)C(C)(C)C)[C@H]1O[Si](C)(C)C(C)(C)C. The van der Waals surface area contributed by atoms with Crippen LogP contribution in [-0.2, 0) is 37.0 Å². The van der Waals surface area contributed by atoms with Crippen LogP contribution in [0.5, 0.6) is 5.75 Å². The van der Waals surface area contributed by atoms with Crippen molar-refractivity contribution in [2.24, 2.45) is 0 Å². The molecule has 2 aliphatic heterocycles. The minimum Gasteiger partial charge on any atom is -0.459 e. The Hall–Kier alpha value is -1.96. The summed E-state index contributed by atoms with van der Waals surface area (Å²) in [6.07, 6.45) is -4.63. The quantitative estimate of drug-likeness (QED) is 0.0628. The van der Waals surface area contributed by atoms with Crippen LogP contribution in [-0.4, -0.2) is 86.4 Å². The van der Waals surface area contributed by atoms with E-state index in [1.807, 2.05) is 0 Å². The van der Waals surface area contributed by atoms with E-state index in [4.69, 9.17) is 37.0 Å². The number of nitrogens with zero attached hydrogens (tertiary/aromatic N) is 1. The molecule has 0 N–H and O–H groups in total. The normalized spacial score (nSPS) is 24.3. The van der Waals surface area contributed by atoms with Crippen LogP contribution in [0.4, 0.5) is 5.69 Å². The molecule has 1 aromatic rings. The average Bonchev–Trinajstić information content (AvgIpc) is 3.52. The number of nitro benzene ring substituents is 1. The molecule has 12 nitrogen and oxygen atoms in total. The third-order valence-corrected chi connectivity index (χ3v) is 24.5. The Balaban J connectivity index is 2.31. The van der Waals surface area contributed by atoms with Crippen molar-refractivity contribution in [3.8, 4) is 5.75 Å². The molecular weight excluding hydrogens is 707 g/mol. The lowest BCUT2D eigenvalue weighted by atomic mass is 9.99. The van der Waals surface area contributed by atoms with Gasteiger partial charge in [-0.2, -0.15) is 0 Å². The summed E-state index contributed by atoms with van der Waals surface area (Å²) in [5, 5.41) is 11.8. The standard InChI is InChI=1S/C36H63NO11Si3/c1-17-20-41-31(38)29-27(46-49(11,12)34(2,3)4)28(47-50(13,14)35(5,6)7)30(48-51(15,16)36(8,9)10)33(45-29)44-26-19-18-24(23-25(26)37(39)40)32-42-21-22-43-32/h17-19,23,27-30,32-33H,1,20-22H2,2-16H3/t27-,28+,29+,30-,33-/m1/s1. The first-order chi connectivity index (χ1) is 23.1. The van der Waals surface area contributed by atoms with Gasteiger partial charge in [0.15, 0.2) is 43.1 Å². The first kappa shape index (κ1) is 43.4. The third-order valence-electron chi connectivity index (χ3n) is 11.1. The molecular formula is C36H63NO11Si3. The Morgan fingerprint density at radius 1 is 0.843 bits per heavy atom. The van der Waals surface area contributed by atoms with Crippen LogP contribution in [0.15, 0.2) is 30.9 Å². The van der Waals surface area contributed by atoms with Crippen molar-refractivity contribution in [2.75, 3.05) is 19.8 Å². The van der Waals surface area contributed by atoms with E-state index in [1.165, 1.54) is 18.2 Å². The highest BCUT2D eigenvalue weighted by atomic mass is 28.4. The van der Waals surface area contributed by atoms with Gasteiger partial charge in [-0.1, -0.05) is 75.0 Å². The van der Waals surface area contributed by atoms with E-state index in [2.05, 4.69) is 108 Å². The lowest BCUT2D eigenvalue weighted by Crippen LogP contribution is -2.69. The Morgan fingerprint density at radius 3 is 1.76 bits per heavy atom. The first-order valence-corrected chi connectivity index (χ1v) is 26.5. The van der Waals surface area contributed by atoms with Crippen molar-refractivity contribution in [1.82, 2.24) is 0 Å². The molecule has 0 unspecified atom stereocenters. The zero-order valence-corrected chi connectivity index (χ0v) is 36.5. The van der Waals surface area contributed by atoms with Gasteiger partial charge in [0.25, 0.3) is 0 Å². The molecule has 15 heteroatoms. The van der Waals surface area contributed by atoms with E-state index < -0.39 is 72.8 Å². The Labute approximate surface area is 308 Å². The van der Waals surface area contributed by atoms with E-state index in [9.17, 15) is 14.9 Å². The van der Waals surface area contributed by atoms with Crippen LogP contribution in [0.25, 0.3) is 0 Å². The monoisotopic (exact) mass is 769 g/mol. The van der Waals surface area contributed by atoms with E-state index in [-0.39, 0.29) is 33.2 Å². The maximum Gasteiger partial charge on any atom is 0.338 e. The number of carbonyl (C=O) groups is 1. The second-order valence-corrected chi connectivity index (χ2v) is 32.3. The predicted molar refractivity (Wildman–Crippen MR) is 204 cm³/mol. The molecule has 0 spiro atoms. The molecule has 0 saturated carbocycles. The molecule has 5 atom stereocenters. The topological polar surface area (TPSA) is 134 Å². The fourth-order valence-corrected chi connectivity index (χ4v) is 8.73. The van der Waals surface area contributed by atoms with Crippen LogP contribution in [0, 0.1) is 10.1 Å². The second-order valence-electron chi connectivity index (χ2n) is 18.0. The number of ether oxygens (including phenoxy) is 5. The van der Waals surface area contributed by atoms with Gasteiger partial charge in [0, 0.05) is 11.6 Å². The highest BCUT2D eigenvalue weighted by Gasteiger charge is 2.59. The first-order valence-electron chi connectivity index (χ1n) is 17.8. The zero-order chi connectivity index (χ0) is 39.0. The van der Waals surface area contributed by atoms with Crippen molar-refractivity contribution >= 4 is 36.6 Å². The Kier molecular flexibility index (Phi) is 13.5. The van der Waals surface area contributed by atoms with Crippen LogP contribution in [0.3, 0.4) is 0 Å². The summed E-state index contributed by atoms with van der Waals surface area (Å²) in [6.45, 7) is 36.3. The molecule has 51 heavy (non-hydrogen) atoms. The van der Waals surface area contributed by atoms with Gasteiger partial charge in [-0.25, -0.2) is 4.79 Å². The molecule has 2 fully saturated rings. The van der Waals surface area contributed by atoms with Gasteiger partial charge < -0.3 is 37.0 Å². The zero-order valence-electron chi connectivity index (χ0n) is 33.5. The largest absolute Gasteiger partial charge is 0.459 e. The fourth-order valence-electron chi connectivity index (χ4n) is 4.86. The molecule has 290 valence electrons. The summed E-state index contributed by atoms with van der Waals surface area (Å²) in [7, 11) is -7.87. The van der Waals surface area contributed by atoms with Gasteiger partial charge in [0.1, 0.15) is 24.9 Å². The van der Waals surface area contributed by atoms with Crippen LogP contribution >= 0.6 is 0 Å². The Bertz CT molecular complexity index is 1390. The van der Waals surface area contributed by atoms with E-state index in [0.29, 0.717) is 18.8 Å². The number of hydrogen-bond donors (Lipinski definition) is 0.